The summed E-state index contributed by atoms with van der Waals surface area (Å²) < 4.78 is 22.2. The highest BCUT2D eigenvalue weighted by Gasteiger charge is 2.13. The first-order chi connectivity index (χ1) is 14.8. The minimum Gasteiger partial charge on any atom is -0.542 e. The van der Waals surface area contributed by atoms with Crippen LogP contribution in [0.25, 0.3) is 11.0 Å². The Hall–Kier alpha value is -4.00. The number of carboxylic acid groups (broad SMARTS) is 1. The van der Waals surface area contributed by atoms with Gasteiger partial charge in [-0.25, -0.2) is 0 Å². The highest BCUT2D eigenvalue weighted by atomic mass is 16.5. The monoisotopic (exact) mass is 419 g/mol. The number of ether oxygens (including phenoxy) is 2. The lowest BCUT2D eigenvalue weighted by Gasteiger charge is -2.12. The van der Waals surface area contributed by atoms with Crippen molar-refractivity contribution < 1.29 is 28.2 Å². The molecule has 0 saturated heterocycles. The number of aromatic carboxylic acids is 1. The van der Waals surface area contributed by atoms with E-state index in [2.05, 4.69) is 6.07 Å². The summed E-state index contributed by atoms with van der Waals surface area (Å²) in [5.41, 5.74) is 3.10. The van der Waals surface area contributed by atoms with E-state index < -0.39 is 5.97 Å². The van der Waals surface area contributed by atoms with Crippen molar-refractivity contribution in [3.63, 3.8) is 0 Å². The van der Waals surface area contributed by atoms with Gasteiger partial charge in [0.05, 0.1) is 5.39 Å². The second-order valence-electron chi connectivity index (χ2n) is 7.24. The summed E-state index contributed by atoms with van der Waals surface area (Å²) in [6, 6.07) is 11.5. The van der Waals surface area contributed by atoms with Crippen LogP contribution >= 0.6 is 0 Å². The smallest absolute Gasteiger partial charge is 0.235 e. The van der Waals surface area contributed by atoms with Gasteiger partial charge in [-0.15, -0.1) is 0 Å². The van der Waals surface area contributed by atoms with E-state index in [1.807, 2.05) is 26.8 Å². The van der Waals surface area contributed by atoms with Gasteiger partial charge in [-0.3, -0.25) is 4.79 Å². The molecule has 0 radical (unpaired) electrons. The minimum absolute atomic E-state index is 0.0101. The molecular formula is C24H19O7-. The zero-order valence-corrected chi connectivity index (χ0v) is 17.2. The van der Waals surface area contributed by atoms with Gasteiger partial charge in [-0.05, 0) is 67.8 Å². The van der Waals surface area contributed by atoms with Crippen molar-refractivity contribution in [1.29, 1.82) is 0 Å². The molecule has 2 aromatic heterocycles. The Bertz CT molecular complexity index is 1340. The molecule has 0 bridgehead atoms. The van der Waals surface area contributed by atoms with Crippen LogP contribution < -0.4 is 20.0 Å². The molecule has 0 fully saturated rings. The molecule has 7 nitrogen and oxygen atoms in total. The van der Waals surface area contributed by atoms with E-state index in [1.165, 1.54) is 18.4 Å². The van der Waals surface area contributed by atoms with Crippen molar-refractivity contribution in [3.8, 4) is 17.2 Å². The number of fused-ring (bicyclic) bond motifs is 1. The molecule has 158 valence electrons. The van der Waals surface area contributed by atoms with E-state index in [0.29, 0.717) is 28.2 Å². The van der Waals surface area contributed by atoms with E-state index in [1.54, 1.807) is 18.2 Å². The second-order valence-corrected chi connectivity index (χ2v) is 7.24. The largest absolute Gasteiger partial charge is 0.542 e. The summed E-state index contributed by atoms with van der Waals surface area (Å²) in [7, 11) is 0. The maximum absolute atomic E-state index is 12.9. The SMILES string of the molecule is Cc1cc(C)c(C)c(Oc2coc3cc(OCc4ccc(C(=O)[O-])o4)ccc3c2=O)c1. The Morgan fingerprint density at radius 1 is 1.03 bits per heavy atom. The number of carbonyl (C=O) groups excluding carboxylic acids is 1. The van der Waals surface area contributed by atoms with Crippen LogP contribution in [0.5, 0.6) is 17.2 Å². The molecule has 0 aliphatic carbocycles. The number of aryl methyl sites for hydroxylation is 2. The van der Waals surface area contributed by atoms with Crippen LogP contribution in [0.15, 0.2) is 62.4 Å². The van der Waals surface area contributed by atoms with Crippen LogP contribution in [0.1, 0.15) is 33.0 Å². The van der Waals surface area contributed by atoms with Crippen molar-refractivity contribution >= 4 is 16.9 Å². The molecule has 0 spiro atoms. The van der Waals surface area contributed by atoms with Gasteiger partial charge in [0, 0.05) is 6.07 Å². The maximum atomic E-state index is 12.9. The van der Waals surface area contributed by atoms with Gasteiger partial charge in [0.25, 0.3) is 0 Å². The standard InChI is InChI=1S/C24H20O7/c1-13-8-14(2)15(3)20(9-13)31-22-12-29-21-10-16(4-6-18(21)23(22)25)28-11-17-5-7-19(30-17)24(26)27/h4-10,12H,11H2,1-3H3,(H,26,27)/p-1. The number of carboxylic acids is 1. The lowest BCUT2D eigenvalue weighted by molar-refractivity contribution is -0.257. The molecule has 0 aliphatic rings. The van der Waals surface area contributed by atoms with Crippen molar-refractivity contribution in [2.24, 2.45) is 0 Å². The first-order valence-corrected chi connectivity index (χ1v) is 9.56. The molecule has 31 heavy (non-hydrogen) atoms. The number of carbonyl (C=O) groups is 1. The summed E-state index contributed by atoms with van der Waals surface area (Å²) in [5.74, 6) is -0.199. The fourth-order valence-electron chi connectivity index (χ4n) is 3.20. The highest BCUT2D eigenvalue weighted by Crippen LogP contribution is 2.29. The van der Waals surface area contributed by atoms with Gasteiger partial charge in [0.1, 0.15) is 47.4 Å². The quantitative estimate of drug-likeness (QED) is 0.465. The topological polar surface area (TPSA) is 102 Å². The molecule has 0 N–H and O–H groups in total. The number of furan rings is 1. The Balaban J connectivity index is 1.56. The van der Waals surface area contributed by atoms with E-state index in [9.17, 15) is 14.7 Å². The van der Waals surface area contributed by atoms with Crippen LogP contribution in [0.3, 0.4) is 0 Å². The summed E-state index contributed by atoms with van der Waals surface area (Å²) in [6.07, 6.45) is 1.28. The zero-order chi connectivity index (χ0) is 22.1. The Kier molecular flexibility index (Phi) is 5.25. The van der Waals surface area contributed by atoms with Gasteiger partial charge in [0.2, 0.25) is 11.2 Å². The second kappa shape index (κ2) is 8.02. The van der Waals surface area contributed by atoms with Crippen molar-refractivity contribution in [3.05, 3.63) is 87.2 Å². The van der Waals surface area contributed by atoms with Gasteiger partial charge in [-0.2, -0.15) is 0 Å². The van der Waals surface area contributed by atoms with Crippen LogP contribution in [0, 0.1) is 20.8 Å². The van der Waals surface area contributed by atoms with Crippen LogP contribution in [0.2, 0.25) is 0 Å². The Labute approximate surface area is 177 Å². The lowest BCUT2D eigenvalue weighted by atomic mass is 10.1. The predicted molar refractivity (Wildman–Crippen MR) is 111 cm³/mol. The van der Waals surface area contributed by atoms with Gasteiger partial charge in [0.15, 0.2) is 0 Å². The lowest BCUT2D eigenvalue weighted by Crippen LogP contribution is -2.21. The molecule has 4 rings (SSSR count). The Morgan fingerprint density at radius 3 is 2.58 bits per heavy atom. The van der Waals surface area contributed by atoms with Crippen LogP contribution in [-0.4, -0.2) is 5.97 Å². The molecule has 0 saturated carbocycles. The summed E-state index contributed by atoms with van der Waals surface area (Å²) >= 11 is 0. The first-order valence-electron chi connectivity index (χ1n) is 9.56. The zero-order valence-electron chi connectivity index (χ0n) is 17.2. The molecule has 0 aliphatic heterocycles. The fourth-order valence-corrected chi connectivity index (χ4v) is 3.20. The van der Waals surface area contributed by atoms with E-state index in [4.69, 9.17) is 18.3 Å². The third kappa shape index (κ3) is 4.16. The molecule has 4 aromatic rings. The summed E-state index contributed by atoms with van der Waals surface area (Å²) in [5, 5.41) is 11.1. The van der Waals surface area contributed by atoms with Crippen molar-refractivity contribution in [2.75, 3.05) is 0 Å². The molecule has 7 heteroatoms. The third-order valence-electron chi connectivity index (χ3n) is 4.94. The molecule has 0 unspecified atom stereocenters. The Morgan fingerprint density at radius 2 is 1.84 bits per heavy atom. The fraction of sp³-hybridized carbons (Fsp3) is 0.167. The summed E-state index contributed by atoms with van der Waals surface area (Å²) in [4.78, 5) is 23.6. The third-order valence-corrected chi connectivity index (χ3v) is 4.94. The van der Waals surface area contributed by atoms with Gasteiger partial charge in [-0.1, -0.05) is 6.07 Å². The molecule has 2 heterocycles. The summed E-state index contributed by atoms with van der Waals surface area (Å²) in [6.45, 7) is 5.90. The van der Waals surface area contributed by atoms with Crippen molar-refractivity contribution in [2.45, 2.75) is 27.4 Å². The molecular weight excluding hydrogens is 400 g/mol. The number of hydrogen-bond acceptors (Lipinski definition) is 7. The minimum atomic E-state index is -1.40. The van der Waals surface area contributed by atoms with Gasteiger partial charge < -0.3 is 28.2 Å². The first kappa shape index (κ1) is 20.3. The van der Waals surface area contributed by atoms with Crippen molar-refractivity contribution in [1.82, 2.24) is 0 Å². The average molecular weight is 419 g/mol. The molecule has 0 atom stereocenters. The van der Waals surface area contributed by atoms with Crippen LogP contribution in [0.4, 0.5) is 0 Å². The van der Waals surface area contributed by atoms with E-state index >= 15 is 0 Å². The van der Waals surface area contributed by atoms with E-state index in [0.717, 1.165) is 16.7 Å². The molecule has 0 amide bonds. The maximum Gasteiger partial charge on any atom is 0.235 e. The van der Waals surface area contributed by atoms with Gasteiger partial charge >= 0.3 is 0 Å². The number of benzene rings is 2. The normalized spacial score (nSPS) is 10.9. The predicted octanol–water partition coefficient (Wildman–Crippen LogP) is 4.05. The molecule has 2 aromatic carbocycles. The average Bonchev–Trinajstić information content (AvgIpc) is 3.21. The number of hydrogen-bond donors (Lipinski definition) is 0. The highest BCUT2D eigenvalue weighted by molar-refractivity contribution is 5.82. The van der Waals surface area contributed by atoms with Crippen LogP contribution in [-0.2, 0) is 6.61 Å². The number of rotatable bonds is 6. The van der Waals surface area contributed by atoms with E-state index in [-0.39, 0.29) is 23.5 Å².